The Kier molecular flexibility index (Phi) is 4.97. The van der Waals surface area contributed by atoms with Crippen LogP contribution >= 0.6 is 0 Å². The minimum Gasteiger partial charge on any atom is -0.355 e. The first-order valence-electron chi connectivity index (χ1n) is 9.27. The van der Waals surface area contributed by atoms with Crippen molar-refractivity contribution in [1.29, 1.82) is 0 Å². The maximum Gasteiger partial charge on any atom is 0.220 e. The second kappa shape index (κ2) is 7.70. The van der Waals surface area contributed by atoms with Gasteiger partial charge in [-0.2, -0.15) is 0 Å². The molecule has 0 unspecified atom stereocenters. The number of carbonyl (C=O) groups excluding carboxylic acids is 1. The molecule has 0 aliphatic carbocycles. The molecular formula is C21H24N4O. The summed E-state index contributed by atoms with van der Waals surface area (Å²) in [7, 11) is 0. The minimum atomic E-state index is 0.0860. The number of fused-ring (bicyclic) bond motifs is 2. The van der Waals surface area contributed by atoms with E-state index in [0.717, 1.165) is 42.9 Å². The molecule has 26 heavy (non-hydrogen) atoms. The van der Waals surface area contributed by atoms with Crippen LogP contribution in [0.3, 0.4) is 0 Å². The number of rotatable bonds is 6. The zero-order valence-electron chi connectivity index (χ0n) is 14.9. The van der Waals surface area contributed by atoms with Gasteiger partial charge in [0.2, 0.25) is 5.91 Å². The van der Waals surface area contributed by atoms with E-state index in [9.17, 15) is 4.79 Å². The van der Waals surface area contributed by atoms with Gasteiger partial charge in [-0.3, -0.25) is 9.69 Å². The lowest BCUT2D eigenvalue weighted by Gasteiger charge is -2.28. The lowest BCUT2D eigenvalue weighted by molar-refractivity contribution is -0.121. The average Bonchev–Trinajstić information content (AvgIpc) is 3.09. The summed E-state index contributed by atoms with van der Waals surface area (Å²) in [5.74, 6) is 0.955. The molecule has 1 aromatic heterocycles. The summed E-state index contributed by atoms with van der Waals surface area (Å²) in [6.45, 7) is 3.63. The molecule has 3 aromatic rings. The Morgan fingerprint density at radius 1 is 1.12 bits per heavy atom. The zero-order valence-corrected chi connectivity index (χ0v) is 14.9. The monoisotopic (exact) mass is 348 g/mol. The number of hydrogen-bond donors (Lipinski definition) is 2. The fraction of sp³-hybridized carbons (Fsp3) is 0.333. The van der Waals surface area contributed by atoms with Crippen LogP contribution in [0.25, 0.3) is 11.0 Å². The molecule has 2 N–H and O–H groups in total. The smallest absolute Gasteiger partial charge is 0.220 e. The lowest BCUT2D eigenvalue weighted by atomic mass is 10.00. The molecule has 4 rings (SSSR count). The van der Waals surface area contributed by atoms with Gasteiger partial charge in [0.05, 0.1) is 11.0 Å². The molecule has 0 bridgehead atoms. The molecule has 0 fully saturated rings. The highest BCUT2D eigenvalue weighted by Crippen LogP contribution is 2.17. The Labute approximate surface area is 153 Å². The number of benzene rings is 2. The van der Waals surface area contributed by atoms with Crippen LogP contribution < -0.4 is 5.32 Å². The zero-order chi connectivity index (χ0) is 17.8. The molecule has 5 nitrogen and oxygen atoms in total. The average molecular weight is 348 g/mol. The van der Waals surface area contributed by atoms with Gasteiger partial charge in [-0.1, -0.05) is 36.4 Å². The van der Waals surface area contributed by atoms with Crippen LogP contribution in [0.2, 0.25) is 0 Å². The van der Waals surface area contributed by atoms with Crippen molar-refractivity contribution in [2.45, 2.75) is 25.8 Å². The maximum absolute atomic E-state index is 12.1. The number of H-pyrrole nitrogens is 1. The van der Waals surface area contributed by atoms with Crippen LogP contribution in [0.4, 0.5) is 0 Å². The lowest BCUT2D eigenvalue weighted by Crippen LogP contribution is -2.37. The van der Waals surface area contributed by atoms with Gasteiger partial charge in [0.15, 0.2) is 0 Å². The van der Waals surface area contributed by atoms with Crippen molar-refractivity contribution in [1.82, 2.24) is 20.2 Å². The van der Waals surface area contributed by atoms with E-state index in [1.807, 2.05) is 24.3 Å². The Balaban J connectivity index is 1.20. The van der Waals surface area contributed by atoms with Crippen molar-refractivity contribution < 1.29 is 4.79 Å². The van der Waals surface area contributed by atoms with Crippen LogP contribution in [0.15, 0.2) is 48.5 Å². The number of para-hydroxylation sites is 2. The summed E-state index contributed by atoms with van der Waals surface area (Å²) >= 11 is 0. The van der Waals surface area contributed by atoms with E-state index in [0.29, 0.717) is 19.4 Å². The van der Waals surface area contributed by atoms with E-state index >= 15 is 0 Å². The molecule has 0 saturated carbocycles. The van der Waals surface area contributed by atoms with Crippen molar-refractivity contribution in [2.24, 2.45) is 0 Å². The quantitative estimate of drug-likeness (QED) is 0.720. The first-order chi connectivity index (χ1) is 12.8. The van der Waals surface area contributed by atoms with Crippen molar-refractivity contribution in [3.63, 3.8) is 0 Å². The largest absolute Gasteiger partial charge is 0.355 e. The van der Waals surface area contributed by atoms with Crippen molar-refractivity contribution in [3.8, 4) is 0 Å². The molecule has 0 atom stereocenters. The summed E-state index contributed by atoms with van der Waals surface area (Å²) in [6.07, 6.45) is 2.19. The van der Waals surface area contributed by atoms with Gasteiger partial charge in [0.1, 0.15) is 5.82 Å². The first kappa shape index (κ1) is 16.8. The highest BCUT2D eigenvalue weighted by molar-refractivity contribution is 5.77. The molecule has 0 radical (unpaired) electrons. The standard InChI is InChI=1S/C21H24N4O/c26-21(10-9-20-23-18-7-3-4-8-19(18)24-20)22-12-14-25-13-11-16-5-1-2-6-17(16)15-25/h1-8H,9-15H2,(H,22,26)(H,23,24). The Morgan fingerprint density at radius 3 is 2.81 bits per heavy atom. The van der Waals surface area contributed by atoms with E-state index in [1.165, 1.54) is 11.1 Å². The van der Waals surface area contributed by atoms with E-state index < -0.39 is 0 Å². The molecule has 1 aliphatic rings. The number of nitrogens with zero attached hydrogens (tertiary/aromatic N) is 2. The van der Waals surface area contributed by atoms with Gasteiger partial charge < -0.3 is 10.3 Å². The van der Waals surface area contributed by atoms with Crippen molar-refractivity contribution >= 4 is 16.9 Å². The minimum absolute atomic E-state index is 0.0860. The number of nitrogens with one attached hydrogen (secondary N) is 2. The van der Waals surface area contributed by atoms with Gasteiger partial charge in [0, 0.05) is 39.0 Å². The van der Waals surface area contributed by atoms with Gasteiger partial charge in [-0.25, -0.2) is 4.98 Å². The fourth-order valence-corrected chi connectivity index (χ4v) is 3.54. The first-order valence-corrected chi connectivity index (χ1v) is 9.27. The van der Waals surface area contributed by atoms with Crippen LogP contribution in [0.5, 0.6) is 0 Å². The second-order valence-electron chi connectivity index (χ2n) is 6.85. The summed E-state index contributed by atoms with van der Waals surface area (Å²) in [4.78, 5) is 22.3. The Morgan fingerprint density at radius 2 is 1.92 bits per heavy atom. The molecule has 2 heterocycles. The van der Waals surface area contributed by atoms with E-state index in [2.05, 4.69) is 44.5 Å². The molecule has 0 spiro atoms. The van der Waals surface area contributed by atoms with Crippen LogP contribution in [-0.4, -0.2) is 40.4 Å². The predicted molar refractivity (Wildman–Crippen MR) is 103 cm³/mol. The fourth-order valence-electron chi connectivity index (χ4n) is 3.54. The summed E-state index contributed by atoms with van der Waals surface area (Å²) in [5, 5.41) is 3.04. The van der Waals surface area contributed by atoms with Crippen molar-refractivity contribution in [3.05, 3.63) is 65.5 Å². The molecule has 5 heteroatoms. The Bertz CT molecular complexity index is 869. The number of amides is 1. The van der Waals surface area contributed by atoms with Gasteiger partial charge in [-0.05, 0) is 29.7 Å². The summed E-state index contributed by atoms with van der Waals surface area (Å²) < 4.78 is 0. The SMILES string of the molecule is O=C(CCc1nc2ccccc2[nH]1)NCCN1CCc2ccccc2C1. The van der Waals surface area contributed by atoms with Crippen LogP contribution in [-0.2, 0) is 24.2 Å². The number of imidazole rings is 1. The number of aromatic amines is 1. The second-order valence-corrected chi connectivity index (χ2v) is 6.85. The van der Waals surface area contributed by atoms with Gasteiger partial charge in [0.25, 0.3) is 0 Å². The predicted octanol–water partition coefficient (Wildman–Crippen LogP) is 2.67. The third-order valence-corrected chi connectivity index (χ3v) is 4.99. The number of aromatic nitrogens is 2. The van der Waals surface area contributed by atoms with Gasteiger partial charge >= 0.3 is 0 Å². The van der Waals surface area contributed by atoms with Crippen LogP contribution in [0, 0.1) is 0 Å². The number of aryl methyl sites for hydroxylation is 1. The molecule has 1 amide bonds. The maximum atomic E-state index is 12.1. The number of carbonyl (C=O) groups is 1. The highest BCUT2D eigenvalue weighted by Gasteiger charge is 2.15. The molecule has 2 aromatic carbocycles. The molecule has 134 valence electrons. The third kappa shape index (κ3) is 3.94. The topological polar surface area (TPSA) is 61.0 Å². The van der Waals surface area contributed by atoms with E-state index in [1.54, 1.807) is 0 Å². The Hall–Kier alpha value is -2.66. The summed E-state index contributed by atoms with van der Waals surface area (Å²) in [5.41, 5.74) is 4.84. The third-order valence-electron chi connectivity index (χ3n) is 4.99. The summed E-state index contributed by atoms with van der Waals surface area (Å²) in [6, 6.07) is 16.6. The molecule has 1 aliphatic heterocycles. The van der Waals surface area contributed by atoms with E-state index in [-0.39, 0.29) is 5.91 Å². The van der Waals surface area contributed by atoms with Crippen molar-refractivity contribution in [2.75, 3.05) is 19.6 Å². The van der Waals surface area contributed by atoms with Crippen LogP contribution in [0.1, 0.15) is 23.4 Å². The molecular weight excluding hydrogens is 324 g/mol. The number of hydrogen-bond acceptors (Lipinski definition) is 3. The van der Waals surface area contributed by atoms with Gasteiger partial charge in [-0.15, -0.1) is 0 Å². The van der Waals surface area contributed by atoms with E-state index in [4.69, 9.17) is 0 Å². The molecule has 0 saturated heterocycles. The highest BCUT2D eigenvalue weighted by atomic mass is 16.1. The normalized spacial score (nSPS) is 14.3.